The Kier molecular flexibility index (Phi) is 6.01. The maximum atomic E-state index is 12.5. The van der Waals surface area contributed by atoms with Crippen LogP contribution in [-0.4, -0.2) is 24.4 Å². The van der Waals surface area contributed by atoms with Crippen molar-refractivity contribution in [3.63, 3.8) is 0 Å². The van der Waals surface area contributed by atoms with Crippen LogP contribution in [0.4, 0.5) is 13.2 Å². The first-order valence-corrected chi connectivity index (χ1v) is 10.7. The summed E-state index contributed by atoms with van der Waals surface area (Å²) in [4.78, 5) is 4.56. The molecule has 3 rings (SSSR count). The molecule has 0 aliphatic heterocycles. The molecule has 0 spiro atoms. The van der Waals surface area contributed by atoms with Gasteiger partial charge in [-0.15, -0.1) is 11.3 Å². The largest absolute Gasteiger partial charge is 0.412 e. The van der Waals surface area contributed by atoms with Crippen LogP contribution in [0.3, 0.4) is 0 Å². The van der Waals surface area contributed by atoms with Crippen molar-refractivity contribution < 1.29 is 26.8 Å². The third-order valence-corrected chi connectivity index (χ3v) is 6.63. The summed E-state index contributed by atoms with van der Waals surface area (Å²) in [5, 5.41) is 0.837. The lowest BCUT2D eigenvalue weighted by atomic mass is 10.2. The Hall–Kier alpha value is -1.73. The molecule has 0 saturated carbocycles. The molecule has 0 aliphatic rings. The number of benzene rings is 2. The van der Waals surface area contributed by atoms with Crippen molar-refractivity contribution in [2.45, 2.75) is 19.3 Å². The van der Waals surface area contributed by atoms with Gasteiger partial charge in [-0.2, -0.15) is 13.2 Å². The van der Waals surface area contributed by atoms with Crippen molar-refractivity contribution in [3.05, 3.63) is 54.1 Å². The van der Waals surface area contributed by atoms with E-state index in [1.807, 2.05) is 24.3 Å². The van der Waals surface area contributed by atoms with Crippen molar-refractivity contribution in [3.8, 4) is 10.6 Å². The molecule has 0 fully saturated rings. The monoisotopic (exact) mass is 415 g/mol. The molecule has 0 radical (unpaired) electrons. The van der Waals surface area contributed by atoms with Gasteiger partial charge in [0.2, 0.25) is 0 Å². The molecule has 27 heavy (non-hydrogen) atoms. The Morgan fingerprint density at radius 2 is 1.78 bits per heavy atom. The summed E-state index contributed by atoms with van der Waals surface area (Å²) < 4.78 is 60.4. The molecule has 9 heteroatoms. The van der Waals surface area contributed by atoms with Gasteiger partial charge in [-0.1, -0.05) is 36.4 Å². The first-order valence-electron chi connectivity index (χ1n) is 8.18. The lowest BCUT2D eigenvalue weighted by Gasteiger charge is -2.19. The fraction of sp³-hybridized carbons (Fsp3) is 0.278. The number of alkyl halides is 3. The molecule has 0 bridgehead atoms. The molecule has 0 amide bonds. The van der Waals surface area contributed by atoms with Gasteiger partial charge in [0.25, 0.3) is 0 Å². The van der Waals surface area contributed by atoms with E-state index in [4.69, 9.17) is 4.52 Å². The SMILES string of the molecule is CCOP(=O)(Cc1ccc(-c2nc3ccccc3s2)cc1)OCC(F)(F)F. The summed E-state index contributed by atoms with van der Waals surface area (Å²) in [6.45, 7) is -0.0488. The fourth-order valence-electron chi connectivity index (χ4n) is 2.47. The van der Waals surface area contributed by atoms with Gasteiger partial charge < -0.3 is 4.52 Å². The number of rotatable bonds is 7. The summed E-state index contributed by atoms with van der Waals surface area (Å²) in [6.07, 6.45) is -4.79. The highest BCUT2D eigenvalue weighted by molar-refractivity contribution is 7.53. The van der Waals surface area contributed by atoms with Gasteiger partial charge in [0.1, 0.15) is 5.01 Å². The molecule has 144 valence electrons. The zero-order valence-corrected chi connectivity index (χ0v) is 16.1. The number of nitrogens with zero attached hydrogens (tertiary/aromatic N) is 1. The van der Waals surface area contributed by atoms with Crippen molar-refractivity contribution >= 4 is 29.1 Å². The van der Waals surface area contributed by atoms with Crippen LogP contribution in [-0.2, 0) is 19.8 Å². The highest BCUT2D eigenvalue weighted by atomic mass is 32.1. The molecule has 3 aromatic rings. The van der Waals surface area contributed by atoms with Crippen LogP contribution in [0.25, 0.3) is 20.8 Å². The predicted octanol–water partition coefficient (Wildman–Crippen LogP) is 6.27. The highest BCUT2D eigenvalue weighted by Gasteiger charge is 2.34. The topological polar surface area (TPSA) is 48.4 Å². The Bertz CT molecular complexity index is 923. The van der Waals surface area contributed by atoms with Gasteiger partial charge >= 0.3 is 13.8 Å². The minimum absolute atomic E-state index is 0.00107. The second kappa shape index (κ2) is 8.10. The van der Waals surface area contributed by atoms with E-state index in [2.05, 4.69) is 9.51 Å². The lowest BCUT2D eigenvalue weighted by molar-refractivity contribution is -0.155. The van der Waals surface area contributed by atoms with E-state index in [1.54, 1.807) is 42.5 Å². The number of thiazole rings is 1. The highest BCUT2D eigenvalue weighted by Crippen LogP contribution is 2.52. The summed E-state index contributed by atoms with van der Waals surface area (Å²) >= 11 is 1.55. The van der Waals surface area contributed by atoms with Gasteiger partial charge in [0.05, 0.1) is 23.0 Å². The molecular formula is C18H17F3NO3PS. The average molecular weight is 415 g/mol. The van der Waals surface area contributed by atoms with E-state index < -0.39 is 20.4 Å². The minimum atomic E-state index is -4.57. The maximum Gasteiger partial charge on any atom is 0.412 e. The van der Waals surface area contributed by atoms with Gasteiger partial charge in [-0.05, 0) is 24.6 Å². The number of para-hydroxylation sites is 1. The van der Waals surface area contributed by atoms with Crippen LogP contribution in [0.15, 0.2) is 48.5 Å². The molecule has 1 atom stereocenters. The van der Waals surface area contributed by atoms with E-state index >= 15 is 0 Å². The van der Waals surface area contributed by atoms with E-state index in [9.17, 15) is 17.7 Å². The molecule has 0 saturated heterocycles. The number of fused-ring (bicyclic) bond motifs is 1. The number of hydrogen-bond acceptors (Lipinski definition) is 5. The fourth-order valence-corrected chi connectivity index (χ4v) is 5.09. The zero-order valence-electron chi connectivity index (χ0n) is 14.4. The lowest BCUT2D eigenvalue weighted by Crippen LogP contribution is -2.17. The van der Waals surface area contributed by atoms with Gasteiger partial charge in [-0.3, -0.25) is 9.09 Å². The van der Waals surface area contributed by atoms with E-state index in [0.29, 0.717) is 5.56 Å². The quantitative estimate of drug-likeness (QED) is 0.427. The Morgan fingerprint density at radius 1 is 1.07 bits per heavy atom. The van der Waals surface area contributed by atoms with Crippen LogP contribution < -0.4 is 0 Å². The standard InChI is InChI=1S/C18H17F3NO3PS/c1-2-24-26(23,25-12-18(19,20)21)11-13-7-9-14(10-8-13)17-22-15-5-3-4-6-16(15)27-17/h3-10H,2,11-12H2,1H3. The third-order valence-electron chi connectivity index (χ3n) is 3.62. The second-order valence-corrected chi connectivity index (χ2v) is 8.84. The number of aromatic nitrogens is 1. The van der Waals surface area contributed by atoms with Crippen LogP contribution in [0.5, 0.6) is 0 Å². The third kappa shape index (κ3) is 5.39. The molecule has 1 heterocycles. The zero-order chi connectivity index (χ0) is 19.5. The first-order chi connectivity index (χ1) is 12.8. The maximum absolute atomic E-state index is 12.5. The Morgan fingerprint density at radius 3 is 2.41 bits per heavy atom. The van der Waals surface area contributed by atoms with E-state index in [0.717, 1.165) is 20.8 Å². The van der Waals surface area contributed by atoms with Crippen LogP contribution in [0, 0.1) is 0 Å². The first kappa shape index (κ1) is 20.0. The van der Waals surface area contributed by atoms with E-state index in [-0.39, 0.29) is 12.8 Å². The molecule has 0 N–H and O–H groups in total. The number of halogens is 3. The van der Waals surface area contributed by atoms with Crippen molar-refractivity contribution in [2.75, 3.05) is 13.2 Å². The predicted molar refractivity (Wildman–Crippen MR) is 100.0 cm³/mol. The normalized spacial score (nSPS) is 14.4. The van der Waals surface area contributed by atoms with Gasteiger partial charge in [0, 0.05) is 5.56 Å². The molecule has 2 aromatic carbocycles. The van der Waals surface area contributed by atoms with Crippen molar-refractivity contribution in [1.82, 2.24) is 4.98 Å². The van der Waals surface area contributed by atoms with Crippen molar-refractivity contribution in [1.29, 1.82) is 0 Å². The van der Waals surface area contributed by atoms with Crippen LogP contribution >= 0.6 is 18.9 Å². The molecular weight excluding hydrogens is 398 g/mol. The number of hydrogen-bond donors (Lipinski definition) is 0. The van der Waals surface area contributed by atoms with Gasteiger partial charge in [0.15, 0.2) is 6.61 Å². The smallest absolute Gasteiger partial charge is 0.309 e. The van der Waals surface area contributed by atoms with Crippen LogP contribution in [0.2, 0.25) is 0 Å². The van der Waals surface area contributed by atoms with Crippen LogP contribution in [0.1, 0.15) is 12.5 Å². The Balaban J connectivity index is 1.76. The molecule has 1 aromatic heterocycles. The summed E-state index contributed by atoms with van der Waals surface area (Å²) in [5.41, 5.74) is 2.35. The Labute approximate surface area is 158 Å². The summed E-state index contributed by atoms with van der Waals surface area (Å²) in [7, 11) is -3.88. The second-order valence-electron chi connectivity index (χ2n) is 5.76. The summed E-state index contributed by atoms with van der Waals surface area (Å²) in [6, 6.07) is 14.8. The molecule has 0 aliphatic carbocycles. The summed E-state index contributed by atoms with van der Waals surface area (Å²) in [5.74, 6) is 0. The average Bonchev–Trinajstić information content (AvgIpc) is 3.04. The minimum Gasteiger partial charge on any atom is -0.309 e. The molecule has 4 nitrogen and oxygen atoms in total. The van der Waals surface area contributed by atoms with Gasteiger partial charge in [-0.25, -0.2) is 4.98 Å². The van der Waals surface area contributed by atoms with E-state index in [1.165, 1.54) is 0 Å². The van der Waals surface area contributed by atoms with Crippen molar-refractivity contribution in [2.24, 2.45) is 0 Å². The molecule has 1 unspecified atom stereocenters.